The molecule has 1 heterocycles. The van der Waals surface area contributed by atoms with E-state index in [1.54, 1.807) is 13.2 Å². The summed E-state index contributed by atoms with van der Waals surface area (Å²) in [6.07, 6.45) is 0. The van der Waals surface area contributed by atoms with Gasteiger partial charge in [0.2, 0.25) is 0 Å². The van der Waals surface area contributed by atoms with Crippen molar-refractivity contribution >= 4 is 5.91 Å². The third-order valence-electron chi connectivity index (χ3n) is 4.76. The average Bonchev–Trinajstić information content (AvgIpc) is 2.60. The Bertz CT molecular complexity index is 539. The first-order valence-corrected chi connectivity index (χ1v) is 8.91. The molecule has 24 heavy (non-hydrogen) atoms. The van der Waals surface area contributed by atoms with Crippen LogP contribution in [-0.2, 0) is 0 Å². The van der Waals surface area contributed by atoms with Gasteiger partial charge in [-0.15, -0.1) is 0 Å². The smallest absolute Gasteiger partial charge is 0.251 e. The highest BCUT2D eigenvalue weighted by Crippen LogP contribution is 2.18. The van der Waals surface area contributed by atoms with Crippen LogP contribution in [0, 0.1) is 12.8 Å². The summed E-state index contributed by atoms with van der Waals surface area (Å²) < 4.78 is 5.29. The Morgan fingerprint density at radius 3 is 2.54 bits per heavy atom. The number of amides is 1. The van der Waals surface area contributed by atoms with Crippen molar-refractivity contribution in [1.29, 1.82) is 0 Å². The van der Waals surface area contributed by atoms with E-state index >= 15 is 0 Å². The Balaban J connectivity index is 1.77. The molecule has 1 aliphatic rings. The minimum atomic E-state index is -0.0315. The van der Waals surface area contributed by atoms with Gasteiger partial charge < -0.3 is 19.9 Å². The van der Waals surface area contributed by atoms with E-state index in [4.69, 9.17) is 4.74 Å². The maximum atomic E-state index is 12.3. The number of benzene rings is 1. The molecule has 1 unspecified atom stereocenters. The van der Waals surface area contributed by atoms with E-state index in [1.165, 1.54) is 0 Å². The van der Waals surface area contributed by atoms with Crippen LogP contribution in [0.25, 0.3) is 0 Å². The number of hydrogen-bond acceptors (Lipinski definition) is 4. The number of piperazine rings is 1. The molecule has 2 rings (SSSR count). The molecule has 5 heteroatoms. The maximum Gasteiger partial charge on any atom is 0.251 e. The van der Waals surface area contributed by atoms with Crippen molar-refractivity contribution in [2.75, 3.05) is 52.9 Å². The zero-order chi connectivity index (χ0) is 17.5. The second-order valence-electron chi connectivity index (χ2n) is 6.73. The fourth-order valence-corrected chi connectivity index (χ4v) is 3.12. The van der Waals surface area contributed by atoms with Gasteiger partial charge in [-0.1, -0.05) is 19.9 Å². The topological polar surface area (TPSA) is 44.8 Å². The summed E-state index contributed by atoms with van der Waals surface area (Å²) in [6.45, 7) is 13.8. The molecule has 0 radical (unpaired) electrons. The number of rotatable bonds is 7. The zero-order valence-corrected chi connectivity index (χ0v) is 15.5. The number of nitrogens with zero attached hydrogens (tertiary/aromatic N) is 2. The second kappa shape index (κ2) is 9.04. The van der Waals surface area contributed by atoms with Crippen molar-refractivity contribution < 1.29 is 9.53 Å². The standard InChI is InChI=1S/C19H31N3O2/c1-5-21-8-10-22(11-9-21)14-15(2)13-20-19(23)17-7-6-16(3)18(12-17)24-4/h6-7,12,15H,5,8-11,13-14H2,1-4H3,(H,20,23). The number of carbonyl (C=O) groups excluding carboxylic acids is 1. The normalized spacial score (nSPS) is 17.5. The third kappa shape index (κ3) is 5.21. The van der Waals surface area contributed by atoms with Crippen molar-refractivity contribution in [1.82, 2.24) is 15.1 Å². The van der Waals surface area contributed by atoms with Gasteiger partial charge in [0, 0.05) is 44.8 Å². The molecule has 0 aromatic heterocycles. The van der Waals surface area contributed by atoms with Gasteiger partial charge >= 0.3 is 0 Å². The van der Waals surface area contributed by atoms with Gasteiger partial charge in [-0.3, -0.25) is 4.79 Å². The minimum absolute atomic E-state index is 0.0315. The number of carbonyl (C=O) groups is 1. The molecule has 0 spiro atoms. The maximum absolute atomic E-state index is 12.3. The van der Waals surface area contributed by atoms with Crippen LogP contribution >= 0.6 is 0 Å². The van der Waals surface area contributed by atoms with E-state index in [9.17, 15) is 4.79 Å². The lowest BCUT2D eigenvalue weighted by atomic mass is 10.1. The first-order valence-electron chi connectivity index (χ1n) is 8.91. The van der Waals surface area contributed by atoms with Gasteiger partial charge in [0.25, 0.3) is 5.91 Å². The van der Waals surface area contributed by atoms with E-state index in [-0.39, 0.29) is 5.91 Å². The van der Waals surface area contributed by atoms with Gasteiger partial charge in [-0.25, -0.2) is 0 Å². The number of nitrogens with one attached hydrogen (secondary N) is 1. The highest BCUT2D eigenvalue weighted by molar-refractivity contribution is 5.94. The monoisotopic (exact) mass is 333 g/mol. The third-order valence-corrected chi connectivity index (χ3v) is 4.76. The summed E-state index contributed by atoms with van der Waals surface area (Å²) in [6, 6.07) is 5.57. The van der Waals surface area contributed by atoms with Gasteiger partial charge in [-0.2, -0.15) is 0 Å². The highest BCUT2D eigenvalue weighted by atomic mass is 16.5. The second-order valence-corrected chi connectivity index (χ2v) is 6.73. The molecular weight excluding hydrogens is 302 g/mol. The van der Waals surface area contributed by atoms with Crippen LogP contribution in [0.5, 0.6) is 5.75 Å². The molecule has 1 N–H and O–H groups in total. The van der Waals surface area contributed by atoms with Crippen LogP contribution in [0.2, 0.25) is 0 Å². The van der Waals surface area contributed by atoms with Crippen LogP contribution in [0.3, 0.4) is 0 Å². The number of aryl methyl sites for hydroxylation is 1. The van der Waals surface area contributed by atoms with Gasteiger partial charge in [0.05, 0.1) is 7.11 Å². The van der Waals surface area contributed by atoms with E-state index in [2.05, 4.69) is 29.0 Å². The lowest BCUT2D eigenvalue weighted by molar-refractivity contribution is 0.0933. The number of methoxy groups -OCH3 is 1. The zero-order valence-electron chi connectivity index (χ0n) is 15.5. The highest BCUT2D eigenvalue weighted by Gasteiger charge is 2.18. The summed E-state index contributed by atoms with van der Waals surface area (Å²) >= 11 is 0. The van der Waals surface area contributed by atoms with Crippen molar-refractivity contribution in [2.45, 2.75) is 20.8 Å². The molecule has 1 aromatic carbocycles. The minimum Gasteiger partial charge on any atom is -0.496 e. The molecule has 1 atom stereocenters. The summed E-state index contributed by atoms with van der Waals surface area (Å²) in [7, 11) is 1.63. The van der Waals surface area contributed by atoms with Crippen LogP contribution < -0.4 is 10.1 Å². The van der Waals surface area contributed by atoms with Crippen molar-refractivity contribution in [3.63, 3.8) is 0 Å². The van der Waals surface area contributed by atoms with E-state index in [0.29, 0.717) is 18.0 Å². The van der Waals surface area contributed by atoms with E-state index in [0.717, 1.165) is 50.6 Å². The van der Waals surface area contributed by atoms with Crippen LogP contribution in [0.1, 0.15) is 29.8 Å². The van der Waals surface area contributed by atoms with Crippen LogP contribution in [0.15, 0.2) is 18.2 Å². The molecule has 0 aliphatic carbocycles. The molecule has 0 saturated carbocycles. The molecule has 1 amide bonds. The molecule has 0 bridgehead atoms. The fraction of sp³-hybridized carbons (Fsp3) is 0.632. The number of hydrogen-bond donors (Lipinski definition) is 1. The average molecular weight is 333 g/mol. The Morgan fingerprint density at radius 1 is 1.25 bits per heavy atom. The quantitative estimate of drug-likeness (QED) is 0.829. The Kier molecular flexibility index (Phi) is 7.06. The summed E-state index contributed by atoms with van der Waals surface area (Å²) in [4.78, 5) is 17.3. The van der Waals surface area contributed by atoms with Crippen LogP contribution in [-0.4, -0.2) is 68.6 Å². The van der Waals surface area contributed by atoms with Gasteiger partial charge in [0.1, 0.15) is 5.75 Å². The molecular formula is C19H31N3O2. The van der Waals surface area contributed by atoms with Gasteiger partial charge in [-0.05, 0) is 37.1 Å². The predicted octanol–water partition coefficient (Wildman–Crippen LogP) is 2.01. The molecule has 1 saturated heterocycles. The van der Waals surface area contributed by atoms with E-state index < -0.39 is 0 Å². The molecule has 5 nitrogen and oxygen atoms in total. The van der Waals surface area contributed by atoms with Crippen molar-refractivity contribution in [2.24, 2.45) is 5.92 Å². The lowest BCUT2D eigenvalue weighted by Crippen LogP contribution is -2.48. The predicted molar refractivity (Wildman–Crippen MR) is 97.8 cm³/mol. The van der Waals surface area contributed by atoms with Gasteiger partial charge in [0.15, 0.2) is 0 Å². The lowest BCUT2D eigenvalue weighted by Gasteiger charge is -2.35. The summed E-state index contributed by atoms with van der Waals surface area (Å²) in [5, 5.41) is 3.05. The largest absolute Gasteiger partial charge is 0.496 e. The Morgan fingerprint density at radius 2 is 1.92 bits per heavy atom. The van der Waals surface area contributed by atoms with Crippen LogP contribution in [0.4, 0.5) is 0 Å². The molecule has 134 valence electrons. The molecule has 1 fully saturated rings. The fourth-order valence-electron chi connectivity index (χ4n) is 3.12. The Hall–Kier alpha value is -1.59. The molecule has 1 aromatic rings. The molecule has 1 aliphatic heterocycles. The number of ether oxygens (including phenoxy) is 1. The number of likely N-dealkylation sites (N-methyl/N-ethyl adjacent to an activating group) is 1. The summed E-state index contributed by atoms with van der Waals surface area (Å²) in [5.41, 5.74) is 1.69. The van der Waals surface area contributed by atoms with Crippen molar-refractivity contribution in [3.8, 4) is 5.75 Å². The first kappa shape index (κ1) is 18.7. The SMILES string of the molecule is CCN1CCN(CC(C)CNC(=O)c2ccc(C)c(OC)c2)CC1. The Labute approximate surface area is 146 Å². The first-order chi connectivity index (χ1) is 11.5. The van der Waals surface area contributed by atoms with E-state index in [1.807, 2.05) is 19.1 Å². The van der Waals surface area contributed by atoms with Crippen molar-refractivity contribution in [3.05, 3.63) is 29.3 Å². The summed E-state index contributed by atoms with van der Waals surface area (Å²) in [5.74, 6) is 1.16.